The number of fused-ring (bicyclic) bond motifs is 2. The standard InChI is InChI=1S/C19H14FN7/c1-11-17-18(25-12-6-7-14-15(8-12)22-9-21-14)23-10-24-19(17)27(26-11)16-5-3-2-4-13(16)20/h2-10H,1H3,(H,21,22)(H,23,24,25). The van der Waals surface area contributed by atoms with Crippen LogP contribution in [0.2, 0.25) is 0 Å². The van der Waals surface area contributed by atoms with Crippen LogP contribution < -0.4 is 5.32 Å². The number of halogens is 1. The molecule has 0 aliphatic rings. The van der Waals surface area contributed by atoms with Crippen LogP contribution in [0.3, 0.4) is 0 Å². The number of nitrogens with zero attached hydrogens (tertiary/aromatic N) is 5. The van der Waals surface area contributed by atoms with Gasteiger partial charge in [0.05, 0.1) is 28.4 Å². The van der Waals surface area contributed by atoms with E-state index in [-0.39, 0.29) is 5.82 Å². The zero-order valence-electron chi connectivity index (χ0n) is 14.3. The van der Waals surface area contributed by atoms with Crippen molar-refractivity contribution in [1.29, 1.82) is 0 Å². The van der Waals surface area contributed by atoms with E-state index in [1.807, 2.05) is 25.1 Å². The quantitative estimate of drug-likeness (QED) is 0.511. The molecule has 5 rings (SSSR count). The highest BCUT2D eigenvalue weighted by Crippen LogP contribution is 2.29. The number of hydrogen-bond acceptors (Lipinski definition) is 5. The van der Waals surface area contributed by atoms with Gasteiger partial charge in [-0.15, -0.1) is 0 Å². The molecule has 3 heterocycles. The molecule has 0 unspecified atom stereocenters. The highest BCUT2D eigenvalue weighted by Gasteiger charge is 2.17. The van der Waals surface area contributed by atoms with E-state index in [2.05, 4.69) is 30.4 Å². The van der Waals surface area contributed by atoms with E-state index >= 15 is 0 Å². The molecule has 7 nitrogen and oxygen atoms in total. The molecular weight excluding hydrogens is 345 g/mol. The van der Waals surface area contributed by atoms with E-state index in [0.29, 0.717) is 22.8 Å². The Morgan fingerprint density at radius 1 is 1.07 bits per heavy atom. The molecule has 0 atom stereocenters. The van der Waals surface area contributed by atoms with Gasteiger partial charge in [0.15, 0.2) is 5.65 Å². The highest BCUT2D eigenvalue weighted by molar-refractivity contribution is 5.92. The third kappa shape index (κ3) is 2.50. The average molecular weight is 359 g/mol. The number of nitrogens with one attached hydrogen (secondary N) is 2. The number of aryl methyl sites for hydroxylation is 1. The van der Waals surface area contributed by atoms with Crippen molar-refractivity contribution in [3.63, 3.8) is 0 Å². The van der Waals surface area contributed by atoms with Crippen molar-refractivity contribution in [1.82, 2.24) is 29.7 Å². The SMILES string of the molecule is Cc1nn(-c2ccccc2F)c2ncnc(Nc3ccc4nc[nH]c4c3)c12. The summed E-state index contributed by atoms with van der Waals surface area (Å²) in [5.41, 5.74) is 4.25. The largest absolute Gasteiger partial charge is 0.345 e. The normalized spacial score (nSPS) is 11.3. The first-order valence-corrected chi connectivity index (χ1v) is 8.36. The zero-order chi connectivity index (χ0) is 18.4. The molecule has 0 aliphatic carbocycles. The summed E-state index contributed by atoms with van der Waals surface area (Å²) >= 11 is 0. The fraction of sp³-hybridized carbons (Fsp3) is 0.0526. The van der Waals surface area contributed by atoms with Gasteiger partial charge >= 0.3 is 0 Å². The predicted molar refractivity (Wildman–Crippen MR) is 101 cm³/mol. The number of H-pyrrole nitrogens is 1. The molecule has 27 heavy (non-hydrogen) atoms. The van der Waals surface area contributed by atoms with Crippen molar-refractivity contribution in [2.24, 2.45) is 0 Å². The minimum atomic E-state index is -0.361. The van der Waals surface area contributed by atoms with E-state index in [9.17, 15) is 4.39 Å². The molecule has 2 aromatic carbocycles. The Labute approximate surface area is 152 Å². The number of para-hydroxylation sites is 1. The lowest BCUT2D eigenvalue weighted by molar-refractivity contribution is 0.612. The molecule has 0 spiro atoms. The fourth-order valence-corrected chi connectivity index (χ4v) is 3.15. The Morgan fingerprint density at radius 3 is 2.85 bits per heavy atom. The molecule has 0 amide bonds. The van der Waals surface area contributed by atoms with Crippen LogP contribution in [0.5, 0.6) is 0 Å². The number of imidazole rings is 1. The molecule has 0 fully saturated rings. The van der Waals surface area contributed by atoms with Crippen LogP contribution in [0.4, 0.5) is 15.9 Å². The summed E-state index contributed by atoms with van der Waals surface area (Å²) in [6.07, 6.45) is 3.10. The molecule has 0 saturated carbocycles. The van der Waals surface area contributed by atoms with Gasteiger partial charge in [-0.2, -0.15) is 5.10 Å². The minimum absolute atomic E-state index is 0.346. The lowest BCUT2D eigenvalue weighted by Crippen LogP contribution is -2.01. The first kappa shape index (κ1) is 15.4. The van der Waals surface area contributed by atoms with Crippen LogP contribution >= 0.6 is 0 Å². The van der Waals surface area contributed by atoms with Gasteiger partial charge in [-0.25, -0.2) is 24.0 Å². The molecule has 0 saturated heterocycles. The van der Waals surface area contributed by atoms with Crippen LogP contribution in [0.25, 0.3) is 27.8 Å². The van der Waals surface area contributed by atoms with Crippen molar-refractivity contribution < 1.29 is 4.39 Å². The van der Waals surface area contributed by atoms with E-state index in [1.165, 1.54) is 17.1 Å². The van der Waals surface area contributed by atoms with Crippen molar-refractivity contribution in [3.05, 3.63) is 66.6 Å². The molecule has 2 N–H and O–H groups in total. The number of benzene rings is 2. The number of hydrogen-bond donors (Lipinski definition) is 2. The molecule has 8 heteroatoms. The van der Waals surface area contributed by atoms with E-state index in [0.717, 1.165) is 22.1 Å². The monoisotopic (exact) mass is 359 g/mol. The molecule has 5 aromatic rings. The van der Waals surface area contributed by atoms with Gasteiger partial charge in [0.25, 0.3) is 0 Å². The van der Waals surface area contributed by atoms with Gasteiger partial charge in [0.2, 0.25) is 0 Å². The Bertz CT molecular complexity index is 1290. The minimum Gasteiger partial charge on any atom is -0.345 e. The van der Waals surface area contributed by atoms with Crippen LogP contribution in [0, 0.1) is 12.7 Å². The second-order valence-corrected chi connectivity index (χ2v) is 6.13. The van der Waals surface area contributed by atoms with Crippen LogP contribution in [0.1, 0.15) is 5.69 Å². The van der Waals surface area contributed by atoms with Crippen molar-refractivity contribution in [3.8, 4) is 5.69 Å². The topological polar surface area (TPSA) is 84.3 Å². The summed E-state index contributed by atoms with van der Waals surface area (Å²) in [6, 6.07) is 12.3. The number of rotatable bonds is 3. The maximum Gasteiger partial charge on any atom is 0.168 e. The Morgan fingerprint density at radius 2 is 1.96 bits per heavy atom. The number of aromatic amines is 1. The summed E-state index contributed by atoms with van der Waals surface area (Å²) in [5.74, 6) is 0.249. The lowest BCUT2D eigenvalue weighted by Gasteiger charge is -2.07. The average Bonchev–Trinajstić information content (AvgIpc) is 3.27. The van der Waals surface area contributed by atoms with Crippen molar-refractivity contribution in [2.75, 3.05) is 5.32 Å². The Kier molecular flexibility index (Phi) is 3.36. The summed E-state index contributed by atoms with van der Waals surface area (Å²) in [6.45, 7) is 1.85. The van der Waals surface area contributed by atoms with Crippen LogP contribution in [-0.2, 0) is 0 Å². The number of aromatic nitrogens is 6. The first-order chi connectivity index (χ1) is 13.2. The smallest absolute Gasteiger partial charge is 0.168 e. The van der Waals surface area contributed by atoms with Crippen molar-refractivity contribution >= 4 is 33.6 Å². The fourth-order valence-electron chi connectivity index (χ4n) is 3.15. The van der Waals surface area contributed by atoms with E-state index in [1.54, 1.807) is 24.5 Å². The van der Waals surface area contributed by atoms with Crippen LogP contribution in [-0.4, -0.2) is 29.7 Å². The van der Waals surface area contributed by atoms with Crippen molar-refractivity contribution in [2.45, 2.75) is 6.92 Å². The Hall–Kier alpha value is -3.81. The molecule has 132 valence electrons. The third-order valence-electron chi connectivity index (χ3n) is 4.40. The molecule has 3 aromatic heterocycles. The van der Waals surface area contributed by atoms with Gasteiger partial charge in [-0.05, 0) is 37.3 Å². The van der Waals surface area contributed by atoms with Gasteiger partial charge in [0, 0.05) is 5.69 Å². The molecule has 0 aliphatic heterocycles. The maximum atomic E-state index is 14.2. The zero-order valence-corrected chi connectivity index (χ0v) is 14.3. The predicted octanol–water partition coefficient (Wildman–Crippen LogP) is 3.88. The summed E-state index contributed by atoms with van der Waals surface area (Å²) < 4.78 is 15.8. The van der Waals surface area contributed by atoms with Gasteiger partial charge in [0.1, 0.15) is 23.6 Å². The summed E-state index contributed by atoms with van der Waals surface area (Å²) in [4.78, 5) is 16.0. The molecular formula is C19H14FN7. The molecule has 0 radical (unpaired) electrons. The lowest BCUT2D eigenvalue weighted by atomic mass is 10.2. The van der Waals surface area contributed by atoms with Gasteiger partial charge < -0.3 is 10.3 Å². The van der Waals surface area contributed by atoms with Gasteiger partial charge in [-0.3, -0.25) is 0 Å². The second kappa shape index (κ2) is 5.87. The van der Waals surface area contributed by atoms with E-state index < -0.39 is 0 Å². The molecule has 0 bridgehead atoms. The Balaban J connectivity index is 1.64. The van der Waals surface area contributed by atoms with Gasteiger partial charge in [-0.1, -0.05) is 12.1 Å². The summed E-state index contributed by atoms with van der Waals surface area (Å²) in [5, 5.41) is 8.53. The first-order valence-electron chi connectivity index (χ1n) is 8.36. The highest BCUT2D eigenvalue weighted by atomic mass is 19.1. The second-order valence-electron chi connectivity index (χ2n) is 6.13. The van der Waals surface area contributed by atoms with E-state index in [4.69, 9.17) is 0 Å². The summed E-state index contributed by atoms with van der Waals surface area (Å²) in [7, 11) is 0. The van der Waals surface area contributed by atoms with Crippen LogP contribution in [0.15, 0.2) is 55.1 Å². The maximum absolute atomic E-state index is 14.2. The number of anilines is 2. The third-order valence-corrected chi connectivity index (χ3v) is 4.40.